The number of amides is 2. The summed E-state index contributed by atoms with van der Waals surface area (Å²) in [6.45, 7) is 4.86. The van der Waals surface area contributed by atoms with Crippen molar-refractivity contribution < 1.29 is 14.0 Å². The predicted molar refractivity (Wildman–Crippen MR) is 115 cm³/mol. The molecule has 2 aliphatic heterocycles. The van der Waals surface area contributed by atoms with Gasteiger partial charge in [-0.2, -0.15) is 0 Å². The molecule has 0 spiro atoms. The number of carbonyl (C=O) groups excluding carboxylic acids is 2. The fourth-order valence-electron chi connectivity index (χ4n) is 4.24. The van der Waals surface area contributed by atoms with Gasteiger partial charge in [-0.3, -0.25) is 14.5 Å². The van der Waals surface area contributed by atoms with E-state index < -0.39 is 0 Å². The molecule has 0 radical (unpaired) electrons. The number of rotatable bonds is 4. The van der Waals surface area contributed by atoms with Crippen LogP contribution in [0.15, 0.2) is 71.0 Å². The Morgan fingerprint density at radius 2 is 1.77 bits per heavy atom. The van der Waals surface area contributed by atoms with E-state index in [-0.39, 0.29) is 18.4 Å². The second kappa shape index (κ2) is 7.02. The molecular weight excluding hydrogens is 376 g/mol. The maximum absolute atomic E-state index is 13.5. The lowest BCUT2D eigenvalue weighted by Crippen LogP contribution is -2.34. The summed E-state index contributed by atoms with van der Waals surface area (Å²) in [6.07, 6.45) is 2.40. The van der Waals surface area contributed by atoms with Gasteiger partial charge in [0.15, 0.2) is 0 Å². The highest BCUT2D eigenvalue weighted by Gasteiger charge is 2.43. The highest BCUT2D eigenvalue weighted by molar-refractivity contribution is 6.36. The minimum absolute atomic E-state index is 0.123. The summed E-state index contributed by atoms with van der Waals surface area (Å²) in [5.41, 5.74) is 6.12. The molecule has 0 N–H and O–H groups in total. The SMILES string of the molecule is Cc1ccc(C2=C(N3CCc4ccccc43)C(=O)N(Cc3ccco3)C2=O)cc1C. The van der Waals surface area contributed by atoms with E-state index in [0.717, 1.165) is 28.8 Å². The predicted octanol–water partition coefficient (Wildman–Crippen LogP) is 4.24. The fourth-order valence-corrected chi connectivity index (χ4v) is 4.24. The zero-order valence-corrected chi connectivity index (χ0v) is 17.0. The van der Waals surface area contributed by atoms with Crippen molar-refractivity contribution in [1.82, 2.24) is 4.90 Å². The zero-order chi connectivity index (χ0) is 20.8. The van der Waals surface area contributed by atoms with Crippen molar-refractivity contribution in [2.75, 3.05) is 11.4 Å². The number of hydrogen-bond donors (Lipinski definition) is 0. The largest absolute Gasteiger partial charge is 0.467 e. The number of hydrogen-bond acceptors (Lipinski definition) is 4. The van der Waals surface area contributed by atoms with Crippen LogP contribution in [0.25, 0.3) is 5.57 Å². The molecule has 5 nitrogen and oxygen atoms in total. The van der Waals surface area contributed by atoms with Gasteiger partial charge in [0.05, 0.1) is 18.4 Å². The maximum Gasteiger partial charge on any atom is 0.278 e. The monoisotopic (exact) mass is 398 g/mol. The van der Waals surface area contributed by atoms with E-state index in [2.05, 4.69) is 6.07 Å². The van der Waals surface area contributed by atoms with Crippen molar-refractivity contribution in [2.45, 2.75) is 26.8 Å². The number of carbonyl (C=O) groups is 2. The average Bonchev–Trinajstić information content (AvgIpc) is 3.45. The third-order valence-corrected chi connectivity index (χ3v) is 5.99. The van der Waals surface area contributed by atoms with E-state index >= 15 is 0 Å². The van der Waals surface area contributed by atoms with Crippen LogP contribution in [-0.2, 0) is 22.6 Å². The first-order valence-electron chi connectivity index (χ1n) is 10.1. The standard InChI is InChI=1S/C25H22N2O3/c1-16-9-10-19(14-17(16)2)22-23(26-12-11-18-6-3-4-8-21(18)26)25(29)27(24(22)28)15-20-7-5-13-30-20/h3-10,13-14H,11-12,15H2,1-2H3. The van der Waals surface area contributed by atoms with Crippen LogP contribution in [0, 0.1) is 13.8 Å². The summed E-state index contributed by atoms with van der Waals surface area (Å²) < 4.78 is 5.41. The molecule has 0 saturated carbocycles. The van der Waals surface area contributed by atoms with E-state index in [1.54, 1.807) is 18.4 Å². The van der Waals surface area contributed by atoms with Gasteiger partial charge in [0.25, 0.3) is 11.8 Å². The van der Waals surface area contributed by atoms with Crippen LogP contribution in [-0.4, -0.2) is 23.3 Å². The molecule has 30 heavy (non-hydrogen) atoms. The number of imide groups is 1. The molecule has 2 aromatic carbocycles. The lowest BCUT2D eigenvalue weighted by atomic mass is 9.99. The fraction of sp³-hybridized carbons (Fsp3) is 0.200. The van der Waals surface area contributed by atoms with Gasteiger partial charge in [-0.05, 0) is 60.7 Å². The Morgan fingerprint density at radius 3 is 2.53 bits per heavy atom. The van der Waals surface area contributed by atoms with Gasteiger partial charge in [-0.25, -0.2) is 0 Å². The Kier molecular flexibility index (Phi) is 4.31. The Balaban J connectivity index is 1.65. The quantitative estimate of drug-likeness (QED) is 0.617. The minimum atomic E-state index is -0.279. The molecule has 1 aromatic heterocycles. The molecule has 5 rings (SSSR count). The van der Waals surface area contributed by atoms with Gasteiger partial charge in [0.2, 0.25) is 0 Å². The van der Waals surface area contributed by atoms with E-state index in [1.165, 1.54) is 10.5 Å². The summed E-state index contributed by atoms with van der Waals surface area (Å²) in [7, 11) is 0. The molecule has 2 aliphatic rings. The number of aryl methyl sites for hydroxylation is 2. The van der Waals surface area contributed by atoms with Crippen LogP contribution in [0.4, 0.5) is 5.69 Å². The molecule has 3 heterocycles. The van der Waals surface area contributed by atoms with Gasteiger partial charge in [-0.1, -0.05) is 36.4 Å². The average molecular weight is 398 g/mol. The van der Waals surface area contributed by atoms with Crippen molar-refractivity contribution in [3.05, 3.63) is 94.6 Å². The third kappa shape index (κ3) is 2.86. The lowest BCUT2D eigenvalue weighted by molar-refractivity contribution is -0.137. The molecule has 0 saturated heterocycles. The lowest BCUT2D eigenvalue weighted by Gasteiger charge is -2.21. The Hall–Kier alpha value is -3.60. The van der Waals surface area contributed by atoms with E-state index in [4.69, 9.17) is 4.42 Å². The van der Waals surface area contributed by atoms with Crippen LogP contribution in [0.3, 0.4) is 0 Å². The van der Waals surface area contributed by atoms with Crippen LogP contribution in [0.5, 0.6) is 0 Å². The van der Waals surface area contributed by atoms with E-state index in [0.29, 0.717) is 23.6 Å². The van der Waals surface area contributed by atoms with Crippen LogP contribution in [0.1, 0.15) is 28.0 Å². The first kappa shape index (κ1) is 18.4. The molecular formula is C25H22N2O3. The third-order valence-electron chi connectivity index (χ3n) is 5.99. The minimum Gasteiger partial charge on any atom is -0.467 e. The molecule has 0 unspecified atom stereocenters. The van der Waals surface area contributed by atoms with Crippen molar-refractivity contribution in [3.8, 4) is 0 Å². The summed E-state index contributed by atoms with van der Waals surface area (Å²) >= 11 is 0. The molecule has 3 aromatic rings. The molecule has 5 heteroatoms. The van der Waals surface area contributed by atoms with Crippen LogP contribution >= 0.6 is 0 Å². The Morgan fingerprint density at radius 1 is 0.933 bits per heavy atom. The highest BCUT2D eigenvalue weighted by Crippen LogP contribution is 2.39. The van der Waals surface area contributed by atoms with Gasteiger partial charge in [0, 0.05) is 12.2 Å². The van der Waals surface area contributed by atoms with Gasteiger partial charge in [0.1, 0.15) is 11.5 Å². The molecule has 0 fully saturated rings. The van der Waals surface area contributed by atoms with Crippen LogP contribution < -0.4 is 4.90 Å². The molecule has 0 atom stereocenters. The van der Waals surface area contributed by atoms with Crippen molar-refractivity contribution in [2.24, 2.45) is 0 Å². The number of fused-ring (bicyclic) bond motifs is 1. The normalized spacial score (nSPS) is 16.1. The summed E-state index contributed by atoms with van der Waals surface area (Å²) in [6, 6.07) is 17.5. The van der Waals surface area contributed by atoms with Crippen LogP contribution in [0.2, 0.25) is 0 Å². The number of nitrogens with zero attached hydrogens (tertiary/aromatic N) is 2. The van der Waals surface area contributed by atoms with Gasteiger partial charge in [-0.15, -0.1) is 0 Å². The number of para-hydroxylation sites is 1. The highest BCUT2D eigenvalue weighted by atomic mass is 16.3. The van der Waals surface area contributed by atoms with Gasteiger partial charge < -0.3 is 9.32 Å². The summed E-state index contributed by atoms with van der Waals surface area (Å²) in [4.78, 5) is 30.3. The Labute approximate surface area is 175 Å². The Bertz CT molecular complexity index is 1190. The van der Waals surface area contributed by atoms with E-state index in [9.17, 15) is 9.59 Å². The molecule has 150 valence electrons. The second-order valence-corrected chi connectivity index (χ2v) is 7.83. The van der Waals surface area contributed by atoms with Gasteiger partial charge >= 0.3 is 0 Å². The molecule has 2 amide bonds. The summed E-state index contributed by atoms with van der Waals surface area (Å²) in [5.74, 6) is 0.0274. The molecule has 0 bridgehead atoms. The maximum atomic E-state index is 13.5. The molecule has 0 aliphatic carbocycles. The van der Waals surface area contributed by atoms with Crippen molar-refractivity contribution in [3.63, 3.8) is 0 Å². The number of benzene rings is 2. The van der Waals surface area contributed by atoms with Crippen molar-refractivity contribution in [1.29, 1.82) is 0 Å². The number of furan rings is 1. The summed E-state index contributed by atoms with van der Waals surface area (Å²) in [5, 5.41) is 0. The van der Waals surface area contributed by atoms with Crippen molar-refractivity contribution >= 4 is 23.1 Å². The van der Waals surface area contributed by atoms with E-state index in [1.807, 2.05) is 55.1 Å². The smallest absolute Gasteiger partial charge is 0.278 e. The topological polar surface area (TPSA) is 53.8 Å². The zero-order valence-electron chi connectivity index (χ0n) is 17.0. The number of anilines is 1. The first-order chi connectivity index (χ1) is 14.5. The first-order valence-corrected chi connectivity index (χ1v) is 10.1. The second-order valence-electron chi connectivity index (χ2n) is 7.83.